The maximum Gasteiger partial charge on any atom is 0.158 e. The van der Waals surface area contributed by atoms with Crippen LogP contribution in [0.3, 0.4) is 0 Å². The summed E-state index contributed by atoms with van der Waals surface area (Å²) in [5, 5.41) is 11.0. The molecule has 0 unspecified atom stereocenters. The zero-order valence-electron chi connectivity index (χ0n) is 15.2. The molecule has 0 bridgehead atoms. The molecule has 0 saturated heterocycles. The summed E-state index contributed by atoms with van der Waals surface area (Å²) in [6.45, 7) is 8.87. The Morgan fingerprint density at radius 1 is 1.04 bits per heavy atom. The topological polar surface area (TPSA) is 37.3 Å². The maximum atomic E-state index is 12.2. The van der Waals surface area contributed by atoms with Crippen LogP contribution < -0.4 is 0 Å². The maximum absolute atomic E-state index is 12.2. The molecule has 0 radical (unpaired) electrons. The van der Waals surface area contributed by atoms with E-state index in [-0.39, 0.29) is 10.8 Å². The van der Waals surface area contributed by atoms with E-state index < -0.39 is 5.60 Å². The van der Waals surface area contributed by atoms with Crippen molar-refractivity contribution in [1.82, 2.24) is 0 Å². The van der Waals surface area contributed by atoms with E-state index in [2.05, 4.69) is 26.8 Å². The molecule has 0 heterocycles. The zero-order chi connectivity index (χ0) is 16.6. The number of carbonyl (C=O) groups excluding carboxylic acids is 1. The van der Waals surface area contributed by atoms with Crippen LogP contribution >= 0.6 is 0 Å². The third kappa shape index (κ3) is 1.94. The largest absolute Gasteiger partial charge is 0.390 e. The lowest BCUT2D eigenvalue weighted by atomic mass is 9.45. The highest BCUT2D eigenvalue weighted by Crippen LogP contribution is 2.67. The number of hydrogen-bond donors (Lipinski definition) is 1. The highest BCUT2D eigenvalue weighted by molar-refractivity contribution is 5.96. The summed E-state index contributed by atoms with van der Waals surface area (Å²) in [6.07, 6.45) is 10.1. The van der Waals surface area contributed by atoms with Gasteiger partial charge in [0.05, 0.1) is 5.60 Å². The lowest BCUT2D eigenvalue weighted by Gasteiger charge is -2.59. The normalized spacial score (nSPS) is 55.7. The van der Waals surface area contributed by atoms with Gasteiger partial charge in [-0.15, -0.1) is 0 Å². The molecule has 3 fully saturated rings. The number of aliphatic hydroxyl groups is 1. The van der Waals surface area contributed by atoms with E-state index in [4.69, 9.17) is 0 Å². The Balaban J connectivity index is 1.71. The number of fused-ring (bicyclic) bond motifs is 5. The first kappa shape index (κ1) is 15.9. The second-order valence-corrected chi connectivity index (χ2v) is 9.74. The predicted molar refractivity (Wildman–Crippen MR) is 91.9 cm³/mol. The van der Waals surface area contributed by atoms with Crippen molar-refractivity contribution in [2.45, 2.75) is 78.2 Å². The van der Waals surface area contributed by atoms with Crippen molar-refractivity contribution in [3.63, 3.8) is 0 Å². The fourth-order valence-electron chi connectivity index (χ4n) is 7.19. The van der Waals surface area contributed by atoms with Gasteiger partial charge in [0.1, 0.15) is 0 Å². The molecule has 2 nitrogen and oxygen atoms in total. The van der Waals surface area contributed by atoms with Gasteiger partial charge in [0.15, 0.2) is 5.78 Å². The van der Waals surface area contributed by atoms with E-state index in [1.54, 1.807) is 0 Å². The molecule has 0 aromatic carbocycles. The highest BCUT2D eigenvalue weighted by atomic mass is 16.3. The van der Waals surface area contributed by atoms with Gasteiger partial charge in [0.25, 0.3) is 0 Å². The van der Waals surface area contributed by atoms with Crippen LogP contribution in [0.5, 0.6) is 0 Å². The van der Waals surface area contributed by atoms with Crippen LogP contribution in [0.4, 0.5) is 0 Å². The number of allylic oxidation sites excluding steroid dienone is 2. The molecule has 0 amide bonds. The van der Waals surface area contributed by atoms with Gasteiger partial charge in [0, 0.05) is 6.42 Å². The molecule has 4 aliphatic carbocycles. The van der Waals surface area contributed by atoms with Crippen LogP contribution in [0.1, 0.15) is 72.6 Å². The van der Waals surface area contributed by atoms with Gasteiger partial charge < -0.3 is 5.11 Å². The second-order valence-electron chi connectivity index (χ2n) is 9.74. The Kier molecular flexibility index (Phi) is 3.25. The van der Waals surface area contributed by atoms with Gasteiger partial charge in [-0.3, -0.25) is 4.79 Å². The Bertz CT molecular complexity index is 574. The molecule has 0 aromatic rings. The van der Waals surface area contributed by atoms with Crippen LogP contribution in [-0.4, -0.2) is 16.5 Å². The van der Waals surface area contributed by atoms with Crippen LogP contribution in [-0.2, 0) is 4.79 Å². The highest BCUT2D eigenvalue weighted by Gasteiger charge is 2.62. The lowest BCUT2D eigenvalue weighted by molar-refractivity contribution is -0.135. The number of ketones is 1. The molecule has 3 saturated carbocycles. The van der Waals surface area contributed by atoms with E-state index in [0.717, 1.165) is 30.8 Å². The summed E-state index contributed by atoms with van der Waals surface area (Å²) in [5.41, 5.74) is 0.808. The molecule has 4 aliphatic rings. The zero-order valence-corrected chi connectivity index (χ0v) is 15.2. The van der Waals surface area contributed by atoms with E-state index in [1.165, 1.54) is 25.7 Å². The summed E-state index contributed by atoms with van der Waals surface area (Å²) >= 11 is 0. The van der Waals surface area contributed by atoms with Crippen LogP contribution in [0.15, 0.2) is 11.6 Å². The minimum atomic E-state index is -0.491. The first-order valence-electron chi connectivity index (χ1n) is 9.64. The molecule has 0 spiro atoms. The summed E-state index contributed by atoms with van der Waals surface area (Å²) in [4.78, 5) is 12.2. The van der Waals surface area contributed by atoms with Crippen molar-refractivity contribution in [3.05, 3.63) is 11.6 Å². The van der Waals surface area contributed by atoms with Crippen LogP contribution in [0, 0.1) is 34.5 Å². The average Bonchev–Trinajstić information content (AvgIpc) is 2.71. The summed E-state index contributed by atoms with van der Waals surface area (Å²) in [7, 11) is 0. The van der Waals surface area contributed by atoms with Gasteiger partial charge in [-0.2, -0.15) is 0 Å². The minimum Gasteiger partial charge on any atom is -0.390 e. The first-order chi connectivity index (χ1) is 10.7. The SMILES string of the molecule is CC1=C[C@@]2(C)[C@@H](CC[C@@H]3[C@@H]2CC[C@@]2(C)[C@H]3CC[C@@]2(C)O)CC1=O. The van der Waals surface area contributed by atoms with Crippen molar-refractivity contribution in [1.29, 1.82) is 0 Å². The second kappa shape index (κ2) is 4.71. The third-order valence-corrected chi connectivity index (χ3v) is 8.93. The van der Waals surface area contributed by atoms with Gasteiger partial charge in [-0.05, 0) is 92.4 Å². The monoisotopic (exact) mass is 316 g/mol. The first-order valence-corrected chi connectivity index (χ1v) is 9.64. The number of hydrogen-bond acceptors (Lipinski definition) is 2. The van der Waals surface area contributed by atoms with Gasteiger partial charge in [0.2, 0.25) is 0 Å². The number of carbonyl (C=O) groups is 1. The Hall–Kier alpha value is -0.630. The quantitative estimate of drug-likeness (QED) is 0.713. The van der Waals surface area contributed by atoms with Crippen molar-refractivity contribution < 1.29 is 9.90 Å². The van der Waals surface area contributed by atoms with Gasteiger partial charge in [-0.1, -0.05) is 19.9 Å². The van der Waals surface area contributed by atoms with Crippen molar-refractivity contribution >= 4 is 5.78 Å². The van der Waals surface area contributed by atoms with Crippen molar-refractivity contribution in [2.75, 3.05) is 0 Å². The van der Waals surface area contributed by atoms with Crippen LogP contribution in [0.2, 0.25) is 0 Å². The molecular weight excluding hydrogens is 284 g/mol. The van der Waals surface area contributed by atoms with Gasteiger partial charge >= 0.3 is 0 Å². The molecule has 0 aliphatic heterocycles. The smallest absolute Gasteiger partial charge is 0.158 e. The molecule has 128 valence electrons. The lowest BCUT2D eigenvalue weighted by Crippen LogP contribution is -2.55. The summed E-state index contributed by atoms with van der Waals surface area (Å²) in [5.74, 6) is 3.03. The molecule has 7 atom stereocenters. The van der Waals surface area contributed by atoms with E-state index >= 15 is 0 Å². The molecule has 2 heteroatoms. The number of Topliss-reactive ketones (excluding diaryl/α,β-unsaturated/α-hetero) is 1. The molecule has 0 aromatic heterocycles. The summed E-state index contributed by atoms with van der Waals surface area (Å²) < 4.78 is 0. The molecule has 4 rings (SSSR count). The van der Waals surface area contributed by atoms with Crippen LogP contribution in [0.25, 0.3) is 0 Å². The van der Waals surface area contributed by atoms with E-state index in [1.807, 2.05) is 6.92 Å². The third-order valence-electron chi connectivity index (χ3n) is 8.93. The Morgan fingerprint density at radius 3 is 2.48 bits per heavy atom. The summed E-state index contributed by atoms with van der Waals surface area (Å²) in [6, 6.07) is 0. The Morgan fingerprint density at radius 2 is 1.74 bits per heavy atom. The van der Waals surface area contributed by atoms with E-state index in [9.17, 15) is 9.90 Å². The Labute approximate surface area is 140 Å². The van der Waals surface area contributed by atoms with E-state index in [0.29, 0.717) is 23.5 Å². The molecular formula is C21H32O2. The van der Waals surface area contributed by atoms with Crippen molar-refractivity contribution in [3.8, 4) is 0 Å². The standard InChI is InChI=1S/C21H32O2/c1-13-12-19(2)14(11-18(13)22)5-6-15-16(19)7-9-20(3)17(15)8-10-21(20,4)23/h12,14-17,23H,5-11H2,1-4H3/t14-,15+,16-,17-,19-,20-,21+/m0/s1. The minimum absolute atomic E-state index is 0.0978. The fraction of sp³-hybridized carbons (Fsp3) is 0.857. The van der Waals surface area contributed by atoms with Crippen molar-refractivity contribution in [2.24, 2.45) is 34.5 Å². The predicted octanol–water partition coefficient (Wildman–Crippen LogP) is 4.52. The fourth-order valence-corrected chi connectivity index (χ4v) is 7.19. The van der Waals surface area contributed by atoms with Gasteiger partial charge in [-0.25, -0.2) is 0 Å². The molecule has 1 N–H and O–H groups in total. The number of rotatable bonds is 0. The molecule has 23 heavy (non-hydrogen) atoms. The average molecular weight is 316 g/mol.